The molecule has 28 heavy (non-hydrogen) atoms. The van der Waals surface area contributed by atoms with Gasteiger partial charge in [0.15, 0.2) is 0 Å². The van der Waals surface area contributed by atoms with Crippen molar-refractivity contribution < 1.29 is 4.74 Å². The third kappa shape index (κ3) is 3.72. The standard InChI is InChI=1S/C26H35NO/c1-25-15-6-7-16-26(25,23-13-8-14-24(20-23)28-2)17-19-27(21-25)18-9-12-22-10-4-3-5-11-22/h3-5,8,10-11,13-14,20H,6-7,9,12,15-19,21H2,1-2H3/t25-,26+/m1/s1. The molecule has 1 aliphatic heterocycles. The van der Waals surface area contributed by atoms with Crippen LogP contribution in [-0.2, 0) is 11.8 Å². The molecule has 0 unspecified atom stereocenters. The number of ether oxygens (including phenoxy) is 1. The molecule has 0 N–H and O–H groups in total. The van der Waals surface area contributed by atoms with E-state index in [-0.39, 0.29) is 0 Å². The first-order valence-electron chi connectivity index (χ1n) is 11.1. The van der Waals surface area contributed by atoms with Gasteiger partial charge in [-0.25, -0.2) is 0 Å². The Balaban J connectivity index is 1.47. The van der Waals surface area contributed by atoms with Crippen LogP contribution in [0.1, 0.15) is 56.6 Å². The fraction of sp³-hybridized carbons (Fsp3) is 0.538. The summed E-state index contributed by atoms with van der Waals surface area (Å²) in [5, 5.41) is 0. The molecule has 2 aromatic carbocycles. The van der Waals surface area contributed by atoms with Crippen molar-refractivity contribution in [3.63, 3.8) is 0 Å². The molecule has 0 amide bonds. The van der Waals surface area contributed by atoms with Crippen LogP contribution in [0.5, 0.6) is 5.75 Å². The lowest BCUT2D eigenvalue weighted by Gasteiger charge is -2.58. The zero-order chi connectivity index (χ0) is 19.5. The second-order valence-corrected chi connectivity index (χ2v) is 9.20. The topological polar surface area (TPSA) is 12.5 Å². The van der Waals surface area contributed by atoms with Gasteiger partial charge >= 0.3 is 0 Å². The number of fused-ring (bicyclic) bond motifs is 1. The van der Waals surface area contributed by atoms with Gasteiger partial charge in [-0.15, -0.1) is 0 Å². The number of piperidine rings is 1. The first-order valence-corrected chi connectivity index (χ1v) is 11.1. The third-order valence-corrected chi connectivity index (χ3v) is 7.57. The monoisotopic (exact) mass is 377 g/mol. The fourth-order valence-electron chi connectivity index (χ4n) is 5.96. The normalized spacial score (nSPS) is 27.9. The number of hydrogen-bond donors (Lipinski definition) is 0. The van der Waals surface area contributed by atoms with E-state index in [0.717, 1.165) is 5.75 Å². The zero-order valence-electron chi connectivity index (χ0n) is 17.6. The second-order valence-electron chi connectivity index (χ2n) is 9.20. The summed E-state index contributed by atoms with van der Waals surface area (Å²) in [6, 6.07) is 19.9. The molecule has 0 radical (unpaired) electrons. The van der Waals surface area contributed by atoms with Crippen molar-refractivity contribution in [1.82, 2.24) is 4.90 Å². The van der Waals surface area contributed by atoms with E-state index in [9.17, 15) is 0 Å². The summed E-state index contributed by atoms with van der Waals surface area (Å²) in [5.41, 5.74) is 3.66. The quantitative estimate of drug-likeness (QED) is 0.626. The minimum absolute atomic E-state index is 0.315. The van der Waals surface area contributed by atoms with Crippen molar-refractivity contribution in [2.45, 2.75) is 57.3 Å². The van der Waals surface area contributed by atoms with E-state index < -0.39 is 0 Å². The predicted octanol–water partition coefficient (Wildman–Crippen LogP) is 5.85. The van der Waals surface area contributed by atoms with Crippen LogP contribution in [-0.4, -0.2) is 31.6 Å². The van der Waals surface area contributed by atoms with Crippen LogP contribution in [0.4, 0.5) is 0 Å². The highest BCUT2D eigenvalue weighted by atomic mass is 16.5. The first-order chi connectivity index (χ1) is 13.7. The number of benzene rings is 2. The van der Waals surface area contributed by atoms with Crippen molar-refractivity contribution in [3.05, 3.63) is 65.7 Å². The molecule has 2 fully saturated rings. The molecule has 1 saturated heterocycles. The van der Waals surface area contributed by atoms with Crippen LogP contribution in [0.3, 0.4) is 0 Å². The molecule has 2 aliphatic rings. The average molecular weight is 378 g/mol. The molecule has 2 atom stereocenters. The number of aryl methyl sites for hydroxylation is 1. The Morgan fingerprint density at radius 2 is 1.79 bits per heavy atom. The van der Waals surface area contributed by atoms with Crippen LogP contribution in [0.15, 0.2) is 54.6 Å². The first kappa shape index (κ1) is 19.5. The van der Waals surface area contributed by atoms with Gasteiger partial charge < -0.3 is 9.64 Å². The smallest absolute Gasteiger partial charge is 0.119 e. The van der Waals surface area contributed by atoms with Gasteiger partial charge in [0, 0.05) is 12.0 Å². The van der Waals surface area contributed by atoms with Gasteiger partial charge in [-0.05, 0) is 73.9 Å². The largest absolute Gasteiger partial charge is 0.497 e. The van der Waals surface area contributed by atoms with E-state index in [2.05, 4.69) is 66.4 Å². The third-order valence-electron chi connectivity index (χ3n) is 7.57. The molecular formula is C26H35NO. The van der Waals surface area contributed by atoms with Crippen molar-refractivity contribution in [2.75, 3.05) is 26.7 Å². The fourth-order valence-corrected chi connectivity index (χ4v) is 5.96. The summed E-state index contributed by atoms with van der Waals surface area (Å²) in [6.45, 7) is 6.24. The highest BCUT2D eigenvalue weighted by Crippen LogP contribution is 2.57. The van der Waals surface area contributed by atoms with Crippen molar-refractivity contribution in [3.8, 4) is 5.75 Å². The summed E-state index contributed by atoms with van der Waals surface area (Å²) in [5.74, 6) is 1.00. The number of likely N-dealkylation sites (tertiary alicyclic amines) is 1. The molecule has 2 heteroatoms. The highest BCUT2D eigenvalue weighted by molar-refractivity contribution is 5.37. The Morgan fingerprint density at radius 1 is 0.964 bits per heavy atom. The van der Waals surface area contributed by atoms with E-state index in [4.69, 9.17) is 4.74 Å². The van der Waals surface area contributed by atoms with E-state index in [1.165, 1.54) is 75.7 Å². The maximum Gasteiger partial charge on any atom is 0.119 e. The lowest BCUT2D eigenvalue weighted by atomic mass is 9.51. The van der Waals surface area contributed by atoms with Crippen molar-refractivity contribution in [1.29, 1.82) is 0 Å². The van der Waals surface area contributed by atoms with Gasteiger partial charge in [0.25, 0.3) is 0 Å². The summed E-state index contributed by atoms with van der Waals surface area (Å²) in [6.07, 6.45) is 9.14. The lowest BCUT2D eigenvalue weighted by molar-refractivity contribution is -0.0215. The summed E-state index contributed by atoms with van der Waals surface area (Å²) >= 11 is 0. The maximum absolute atomic E-state index is 5.56. The van der Waals surface area contributed by atoms with Crippen LogP contribution in [0, 0.1) is 5.41 Å². The summed E-state index contributed by atoms with van der Waals surface area (Å²) < 4.78 is 5.56. The van der Waals surface area contributed by atoms with E-state index in [0.29, 0.717) is 10.8 Å². The van der Waals surface area contributed by atoms with E-state index in [1.807, 2.05) is 0 Å². The van der Waals surface area contributed by atoms with Crippen LogP contribution in [0.2, 0.25) is 0 Å². The van der Waals surface area contributed by atoms with Crippen LogP contribution in [0.25, 0.3) is 0 Å². The molecule has 4 rings (SSSR count). The maximum atomic E-state index is 5.56. The molecule has 150 valence electrons. The molecule has 0 aromatic heterocycles. The van der Waals surface area contributed by atoms with Gasteiger partial charge in [0.05, 0.1) is 7.11 Å². The van der Waals surface area contributed by atoms with Gasteiger partial charge in [-0.1, -0.05) is 62.2 Å². The molecule has 1 saturated carbocycles. The molecule has 2 nitrogen and oxygen atoms in total. The number of rotatable bonds is 6. The van der Waals surface area contributed by atoms with Gasteiger partial charge in [0.1, 0.15) is 5.75 Å². The molecule has 2 aromatic rings. The van der Waals surface area contributed by atoms with E-state index >= 15 is 0 Å². The zero-order valence-corrected chi connectivity index (χ0v) is 17.6. The molecule has 1 aliphatic carbocycles. The second kappa shape index (κ2) is 8.29. The van der Waals surface area contributed by atoms with Crippen molar-refractivity contribution in [2.24, 2.45) is 5.41 Å². The highest BCUT2D eigenvalue weighted by Gasteiger charge is 2.53. The Labute approximate surface area is 170 Å². The number of nitrogens with zero attached hydrogens (tertiary/aromatic N) is 1. The number of methoxy groups -OCH3 is 1. The molecular weight excluding hydrogens is 342 g/mol. The Bertz CT molecular complexity index is 773. The van der Waals surface area contributed by atoms with Gasteiger partial charge in [-0.2, -0.15) is 0 Å². The Morgan fingerprint density at radius 3 is 2.61 bits per heavy atom. The molecule has 1 heterocycles. The van der Waals surface area contributed by atoms with Crippen LogP contribution >= 0.6 is 0 Å². The average Bonchev–Trinajstić information content (AvgIpc) is 2.74. The SMILES string of the molecule is COc1cccc([C@@]23CCCC[C@]2(C)CN(CCCc2ccccc2)CC3)c1. The number of hydrogen-bond acceptors (Lipinski definition) is 2. The molecule has 0 bridgehead atoms. The van der Waals surface area contributed by atoms with Crippen LogP contribution < -0.4 is 4.74 Å². The minimum atomic E-state index is 0.315. The Hall–Kier alpha value is -1.80. The Kier molecular flexibility index (Phi) is 5.78. The van der Waals surface area contributed by atoms with Gasteiger partial charge in [0.2, 0.25) is 0 Å². The van der Waals surface area contributed by atoms with E-state index in [1.54, 1.807) is 7.11 Å². The lowest BCUT2D eigenvalue weighted by Crippen LogP contribution is -2.58. The minimum Gasteiger partial charge on any atom is -0.497 e. The summed E-state index contributed by atoms with van der Waals surface area (Å²) in [4.78, 5) is 2.74. The predicted molar refractivity (Wildman–Crippen MR) is 117 cm³/mol. The molecule has 0 spiro atoms. The van der Waals surface area contributed by atoms with Gasteiger partial charge in [-0.3, -0.25) is 0 Å². The summed E-state index contributed by atoms with van der Waals surface area (Å²) in [7, 11) is 1.78. The van der Waals surface area contributed by atoms with Crippen molar-refractivity contribution >= 4 is 0 Å².